The molecule has 0 radical (unpaired) electrons. The van der Waals surface area contributed by atoms with Crippen molar-refractivity contribution in [2.45, 2.75) is 0 Å². The average Bonchev–Trinajstić information content (AvgIpc) is 3.70. The lowest BCUT2D eigenvalue weighted by Crippen LogP contribution is -2.01. The summed E-state index contributed by atoms with van der Waals surface area (Å²) in [5.74, 6) is 1.67. The van der Waals surface area contributed by atoms with Crippen LogP contribution in [-0.2, 0) is 0 Å². The van der Waals surface area contributed by atoms with Crippen LogP contribution in [0.5, 0.6) is 0 Å². The van der Waals surface area contributed by atoms with Gasteiger partial charge in [0, 0.05) is 45.2 Å². The van der Waals surface area contributed by atoms with Gasteiger partial charge in [0.25, 0.3) is 0 Å². The summed E-state index contributed by atoms with van der Waals surface area (Å²) in [6.45, 7) is 0. The van der Waals surface area contributed by atoms with E-state index in [4.69, 9.17) is 24.4 Å². The van der Waals surface area contributed by atoms with Crippen molar-refractivity contribution in [1.82, 2.24) is 24.5 Å². The lowest BCUT2D eigenvalue weighted by Gasteiger charge is -2.09. The lowest BCUT2D eigenvalue weighted by molar-refractivity contribution is 0.668. The molecule has 224 valence electrons. The van der Waals surface area contributed by atoms with E-state index in [1.54, 1.807) is 6.20 Å². The van der Waals surface area contributed by atoms with Gasteiger partial charge in [0.15, 0.2) is 17.5 Å². The quantitative estimate of drug-likeness (QED) is 0.197. The summed E-state index contributed by atoms with van der Waals surface area (Å²) in [6.07, 6.45) is 1.76. The molecule has 0 N–H and O–H groups in total. The normalized spacial score (nSPS) is 11.8. The molecule has 4 heterocycles. The second-order valence-corrected chi connectivity index (χ2v) is 11.9. The van der Waals surface area contributed by atoms with E-state index in [-0.39, 0.29) is 0 Å². The summed E-state index contributed by atoms with van der Waals surface area (Å²) in [5.41, 5.74) is 7.29. The summed E-state index contributed by atoms with van der Waals surface area (Å²) in [6, 6.07) is 49.9. The molecule has 0 fully saturated rings. The highest BCUT2D eigenvalue weighted by molar-refractivity contribution is 6.12. The fourth-order valence-electron chi connectivity index (χ4n) is 6.87. The monoisotopic (exact) mass is 615 g/mol. The largest absolute Gasteiger partial charge is 0.456 e. The molecular weight excluding hydrogens is 590 g/mol. The zero-order chi connectivity index (χ0) is 31.6. The Balaban J connectivity index is 1.18. The Morgan fingerprint density at radius 1 is 0.458 bits per heavy atom. The minimum atomic E-state index is 0.492. The first kappa shape index (κ1) is 26.5. The maximum atomic E-state index is 6.53. The Morgan fingerprint density at radius 2 is 1.12 bits per heavy atom. The Kier molecular flexibility index (Phi) is 5.77. The predicted molar refractivity (Wildman–Crippen MR) is 193 cm³/mol. The molecule has 0 aliphatic carbocycles. The lowest BCUT2D eigenvalue weighted by atomic mass is 10.1. The van der Waals surface area contributed by atoms with Gasteiger partial charge in [-0.2, -0.15) is 0 Å². The molecule has 0 spiro atoms. The van der Waals surface area contributed by atoms with Crippen LogP contribution in [0.4, 0.5) is 0 Å². The third-order valence-corrected chi connectivity index (χ3v) is 9.09. The fourth-order valence-corrected chi connectivity index (χ4v) is 6.87. The number of hydrogen-bond donors (Lipinski definition) is 0. The van der Waals surface area contributed by atoms with Crippen molar-refractivity contribution < 1.29 is 4.42 Å². The summed E-state index contributed by atoms with van der Waals surface area (Å²) < 4.78 is 8.83. The van der Waals surface area contributed by atoms with E-state index < -0.39 is 0 Å². The maximum absolute atomic E-state index is 6.53. The Bertz CT molecular complexity index is 2800. The molecule has 0 amide bonds. The minimum Gasteiger partial charge on any atom is -0.456 e. The summed E-state index contributed by atoms with van der Waals surface area (Å²) >= 11 is 0. The van der Waals surface area contributed by atoms with E-state index in [0.717, 1.165) is 60.6 Å². The topological polar surface area (TPSA) is 69.6 Å². The first-order valence-electron chi connectivity index (χ1n) is 15.9. The summed E-state index contributed by atoms with van der Waals surface area (Å²) in [4.78, 5) is 19.8. The predicted octanol–water partition coefficient (Wildman–Crippen LogP) is 10.4. The van der Waals surface area contributed by atoms with Gasteiger partial charge in [0.2, 0.25) is 0 Å². The zero-order valence-electron chi connectivity index (χ0n) is 25.6. The van der Waals surface area contributed by atoms with Crippen molar-refractivity contribution in [3.63, 3.8) is 0 Å². The number of para-hydroxylation sites is 2. The average molecular weight is 616 g/mol. The number of hydrogen-bond acceptors (Lipinski definition) is 5. The van der Waals surface area contributed by atoms with Gasteiger partial charge in [-0.1, -0.05) is 103 Å². The molecule has 0 saturated carbocycles. The van der Waals surface area contributed by atoms with Crippen LogP contribution in [0.1, 0.15) is 0 Å². The standard InChI is InChI=1S/C42H25N5O/c1-2-11-27(12-3-1)40-44-41(29-19-18-26-10-4-5-13-28(26)24-29)46-42(45-40)39-38-33-21-20-30(25-37(33)48-36(38)22-23-43-39)47-34-16-8-6-14-31(34)32-15-7-9-17-35(32)47/h1-25H. The van der Waals surface area contributed by atoms with Gasteiger partial charge in [0.1, 0.15) is 16.9 Å². The van der Waals surface area contributed by atoms with Crippen molar-refractivity contribution in [3.8, 4) is 40.0 Å². The third kappa shape index (κ3) is 4.13. The number of rotatable bonds is 4. The summed E-state index contributed by atoms with van der Waals surface area (Å²) in [7, 11) is 0. The van der Waals surface area contributed by atoms with Crippen LogP contribution in [0.3, 0.4) is 0 Å². The number of aromatic nitrogens is 5. The first-order chi connectivity index (χ1) is 23.8. The molecule has 6 nitrogen and oxygen atoms in total. The number of furan rings is 1. The molecule has 0 unspecified atom stereocenters. The number of nitrogens with zero attached hydrogens (tertiary/aromatic N) is 5. The van der Waals surface area contributed by atoms with Crippen molar-refractivity contribution >= 4 is 54.5 Å². The van der Waals surface area contributed by atoms with E-state index >= 15 is 0 Å². The molecule has 0 atom stereocenters. The van der Waals surface area contributed by atoms with Crippen LogP contribution in [0, 0.1) is 0 Å². The molecule has 10 rings (SSSR count). The van der Waals surface area contributed by atoms with E-state index in [1.165, 1.54) is 10.8 Å². The molecule has 6 aromatic carbocycles. The van der Waals surface area contributed by atoms with E-state index in [9.17, 15) is 0 Å². The second kappa shape index (κ2) is 10.4. The highest BCUT2D eigenvalue weighted by Gasteiger charge is 2.20. The highest BCUT2D eigenvalue weighted by atomic mass is 16.3. The van der Waals surface area contributed by atoms with Crippen LogP contribution < -0.4 is 0 Å². The molecule has 0 bridgehead atoms. The van der Waals surface area contributed by atoms with Gasteiger partial charge >= 0.3 is 0 Å². The van der Waals surface area contributed by atoms with Crippen molar-refractivity contribution in [1.29, 1.82) is 0 Å². The van der Waals surface area contributed by atoms with Gasteiger partial charge in [0.05, 0.1) is 16.4 Å². The van der Waals surface area contributed by atoms with Crippen LogP contribution in [0.15, 0.2) is 156 Å². The van der Waals surface area contributed by atoms with Crippen LogP contribution >= 0.6 is 0 Å². The van der Waals surface area contributed by atoms with Crippen LogP contribution in [-0.4, -0.2) is 24.5 Å². The third-order valence-electron chi connectivity index (χ3n) is 9.09. The molecule has 4 aromatic heterocycles. The molecular formula is C42H25N5O. The SMILES string of the molecule is c1ccc(-c2nc(-c3ccc4ccccc4c3)nc(-c3nccc4oc5cc(-n6c7ccccc7c7ccccc76)ccc5c34)n2)cc1. The minimum absolute atomic E-state index is 0.492. The van der Waals surface area contributed by atoms with Gasteiger partial charge in [-0.15, -0.1) is 0 Å². The van der Waals surface area contributed by atoms with Crippen LogP contribution in [0.25, 0.3) is 94.5 Å². The van der Waals surface area contributed by atoms with Crippen molar-refractivity contribution in [2.24, 2.45) is 0 Å². The first-order valence-corrected chi connectivity index (χ1v) is 15.9. The molecule has 6 heteroatoms. The van der Waals surface area contributed by atoms with Gasteiger partial charge in [-0.25, -0.2) is 15.0 Å². The smallest absolute Gasteiger partial charge is 0.183 e. The van der Waals surface area contributed by atoms with Crippen molar-refractivity contribution in [2.75, 3.05) is 0 Å². The molecule has 0 aliphatic rings. The second-order valence-electron chi connectivity index (χ2n) is 11.9. The van der Waals surface area contributed by atoms with Crippen LogP contribution in [0.2, 0.25) is 0 Å². The number of fused-ring (bicyclic) bond motifs is 7. The van der Waals surface area contributed by atoms with E-state index in [0.29, 0.717) is 23.2 Å². The van der Waals surface area contributed by atoms with E-state index in [2.05, 4.69) is 102 Å². The molecule has 10 aromatic rings. The maximum Gasteiger partial charge on any atom is 0.183 e. The molecule has 0 saturated heterocycles. The van der Waals surface area contributed by atoms with Gasteiger partial charge < -0.3 is 8.98 Å². The number of pyridine rings is 1. The molecule has 0 aliphatic heterocycles. The van der Waals surface area contributed by atoms with E-state index in [1.807, 2.05) is 48.5 Å². The summed E-state index contributed by atoms with van der Waals surface area (Å²) in [5, 5.41) is 6.54. The van der Waals surface area contributed by atoms with Gasteiger partial charge in [-0.3, -0.25) is 4.98 Å². The Labute approximate surface area is 274 Å². The fraction of sp³-hybridized carbons (Fsp3) is 0. The van der Waals surface area contributed by atoms with Crippen molar-refractivity contribution in [3.05, 3.63) is 152 Å². The Morgan fingerprint density at radius 3 is 1.92 bits per heavy atom. The Hall–Kier alpha value is -6.66. The number of benzene rings is 6. The molecule has 48 heavy (non-hydrogen) atoms. The highest BCUT2D eigenvalue weighted by Crippen LogP contribution is 2.38. The van der Waals surface area contributed by atoms with Gasteiger partial charge in [-0.05, 0) is 47.2 Å². The zero-order valence-corrected chi connectivity index (χ0v) is 25.6.